The first-order valence-corrected chi connectivity index (χ1v) is 7.23. The Hall–Kier alpha value is -1.66. The Morgan fingerprint density at radius 2 is 2.38 bits per heavy atom. The number of aromatic nitrogens is 2. The van der Waals surface area contributed by atoms with Gasteiger partial charge in [-0.25, -0.2) is 14.2 Å². The van der Waals surface area contributed by atoms with E-state index in [1.165, 1.54) is 7.11 Å². The minimum Gasteiger partial charge on any atom is -0.465 e. The number of methoxy groups -OCH3 is 1. The van der Waals surface area contributed by atoms with Gasteiger partial charge in [0.05, 0.1) is 24.1 Å². The summed E-state index contributed by atoms with van der Waals surface area (Å²) in [5.41, 5.74) is 0.976. The highest BCUT2D eigenvalue weighted by molar-refractivity contribution is 6.16. The molecule has 1 atom stereocenters. The van der Waals surface area contributed by atoms with Crippen LogP contribution in [0.1, 0.15) is 22.6 Å². The lowest BCUT2D eigenvalue weighted by atomic mass is 10.1. The molecule has 112 valence electrons. The summed E-state index contributed by atoms with van der Waals surface area (Å²) in [7, 11) is 1.27. The van der Waals surface area contributed by atoms with Crippen LogP contribution >= 0.6 is 11.6 Å². The third-order valence-corrected chi connectivity index (χ3v) is 3.99. The molecule has 1 saturated heterocycles. The monoisotopic (exact) mass is 311 g/mol. The second-order valence-corrected chi connectivity index (χ2v) is 5.30. The van der Waals surface area contributed by atoms with Crippen molar-refractivity contribution in [2.45, 2.75) is 24.9 Å². The van der Waals surface area contributed by atoms with E-state index in [9.17, 15) is 9.18 Å². The third-order valence-electron chi connectivity index (χ3n) is 3.76. The van der Waals surface area contributed by atoms with Gasteiger partial charge in [-0.2, -0.15) is 0 Å². The Morgan fingerprint density at radius 1 is 1.62 bits per heavy atom. The second-order valence-electron chi connectivity index (χ2n) is 5.03. The Kier molecular flexibility index (Phi) is 3.82. The van der Waals surface area contributed by atoms with E-state index in [1.54, 1.807) is 6.07 Å². The van der Waals surface area contributed by atoms with Crippen LogP contribution in [0.2, 0.25) is 0 Å². The number of imidazole rings is 1. The van der Waals surface area contributed by atoms with Gasteiger partial charge in [-0.05, 0) is 25.1 Å². The highest BCUT2D eigenvalue weighted by Gasteiger charge is 2.22. The molecule has 1 N–H and O–H groups in total. The Balaban J connectivity index is 2.12. The Morgan fingerprint density at radius 3 is 2.95 bits per heavy atom. The largest absolute Gasteiger partial charge is 0.465 e. The fraction of sp³-hybridized carbons (Fsp3) is 0.429. The molecule has 0 radical (unpaired) electrons. The summed E-state index contributed by atoms with van der Waals surface area (Å²) in [6, 6.07) is 3.08. The molecule has 1 aromatic heterocycles. The lowest BCUT2D eigenvalue weighted by molar-refractivity contribution is 0.0600. The molecule has 1 aromatic carbocycles. The Bertz CT molecular complexity index is 697. The number of carbonyl (C=O) groups is 1. The van der Waals surface area contributed by atoms with Gasteiger partial charge in [0.15, 0.2) is 5.82 Å². The number of carbonyl (C=O) groups excluding carboxylic acids is 1. The van der Waals surface area contributed by atoms with Crippen LogP contribution < -0.4 is 5.32 Å². The van der Waals surface area contributed by atoms with E-state index >= 15 is 0 Å². The highest BCUT2D eigenvalue weighted by atomic mass is 35.5. The average molecular weight is 312 g/mol. The normalized spacial score (nSPS) is 17.8. The summed E-state index contributed by atoms with van der Waals surface area (Å²) in [5.74, 6) is -0.326. The number of hydrogen-bond acceptors (Lipinski definition) is 4. The van der Waals surface area contributed by atoms with Gasteiger partial charge >= 0.3 is 5.97 Å². The topological polar surface area (TPSA) is 56.1 Å². The minimum absolute atomic E-state index is 0.173. The lowest BCUT2D eigenvalue weighted by Crippen LogP contribution is -2.45. The van der Waals surface area contributed by atoms with Crippen molar-refractivity contribution >= 4 is 28.6 Å². The Labute approximate surface area is 126 Å². The van der Waals surface area contributed by atoms with E-state index in [0.717, 1.165) is 19.0 Å². The maximum Gasteiger partial charge on any atom is 0.338 e. The van der Waals surface area contributed by atoms with Crippen molar-refractivity contribution in [1.82, 2.24) is 14.9 Å². The van der Waals surface area contributed by atoms with E-state index in [1.807, 2.05) is 4.57 Å². The molecular weight excluding hydrogens is 297 g/mol. The molecule has 21 heavy (non-hydrogen) atoms. The maximum atomic E-state index is 14.2. The molecule has 1 aliphatic rings. The molecule has 0 saturated carbocycles. The van der Waals surface area contributed by atoms with Crippen LogP contribution in [0.4, 0.5) is 4.39 Å². The average Bonchev–Trinajstić information content (AvgIpc) is 2.80. The van der Waals surface area contributed by atoms with Gasteiger partial charge in [-0.15, -0.1) is 11.6 Å². The number of halogens is 2. The van der Waals surface area contributed by atoms with Crippen molar-refractivity contribution in [3.63, 3.8) is 0 Å². The molecule has 0 unspecified atom stereocenters. The fourth-order valence-corrected chi connectivity index (χ4v) is 2.70. The number of rotatable bonds is 4. The van der Waals surface area contributed by atoms with Crippen molar-refractivity contribution < 1.29 is 13.9 Å². The zero-order valence-electron chi connectivity index (χ0n) is 11.5. The zero-order valence-corrected chi connectivity index (χ0v) is 12.3. The number of alkyl halides is 1. The molecule has 1 aliphatic heterocycles. The molecule has 7 heteroatoms. The summed E-state index contributed by atoms with van der Waals surface area (Å²) in [6.45, 7) is 1.64. The van der Waals surface area contributed by atoms with Crippen LogP contribution in [0.3, 0.4) is 0 Å². The molecule has 2 heterocycles. The molecule has 1 fully saturated rings. The minimum atomic E-state index is -0.572. The quantitative estimate of drug-likeness (QED) is 0.693. The van der Waals surface area contributed by atoms with Crippen molar-refractivity contribution in [2.24, 2.45) is 0 Å². The standard InChI is InChI=1S/C14H15ClFN3O2/c1-21-14(20)8-4-10(16)13-11(5-8)19(12(6-15)18-13)7-9-2-3-17-9/h4-5,9,17H,2-3,6-7H2,1H3/t9-/m0/s1. The zero-order chi connectivity index (χ0) is 15.0. The number of ether oxygens (including phenoxy) is 1. The smallest absolute Gasteiger partial charge is 0.338 e. The molecule has 2 aromatic rings. The van der Waals surface area contributed by atoms with Crippen molar-refractivity contribution in [3.05, 3.63) is 29.3 Å². The first-order valence-electron chi connectivity index (χ1n) is 6.70. The summed E-state index contributed by atoms with van der Waals surface area (Å²) in [4.78, 5) is 15.9. The van der Waals surface area contributed by atoms with Gasteiger partial charge in [0.1, 0.15) is 11.3 Å². The number of esters is 1. The van der Waals surface area contributed by atoms with Crippen LogP contribution in [0.5, 0.6) is 0 Å². The number of fused-ring (bicyclic) bond motifs is 1. The molecule has 0 aliphatic carbocycles. The van der Waals surface area contributed by atoms with Gasteiger partial charge in [-0.1, -0.05) is 0 Å². The number of hydrogen-bond donors (Lipinski definition) is 1. The van der Waals surface area contributed by atoms with Gasteiger partial charge in [0.2, 0.25) is 0 Å². The van der Waals surface area contributed by atoms with E-state index in [2.05, 4.69) is 15.0 Å². The molecule has 5 nitrogen and oxygen atoms in total. The highest BCUT2D eigenvalue weighted by Crippen LogP contribution is 2.24. The number of benzene rings is 1. The van der Waals surface area contributed by atoms with E-state index in [-0.39, 0.29) is 17.0 Å². The van der Waals surface area contributed by atoms with Crippen molar-refractivity contribution in [2.75, 3.05) is 13.7 Å². The third kappa shape index (κ3) is 2.49. The van der Waals surface area contributed by atoms with Gasteiger partial charge in [0, 0.05) is 12.6 Å². The van der Waals surface area contributed by atoms with Gasteiger partial charge < -0.3 is 14.6 Å². The van der Waals surface area contributed by atoms with Crippen molar-refractivity contribution in [3.8, 4) is 0 Å². The number of nitrogens with one attached hydrogen (secondary N) is 1. The van der Waals surface area contributed by atoms with Crippen LogP contribution in [0.15, 0.2) is 12.1 Å². The summed E-state index contributed by atoms with van der Waals surface area (Å²) >= 11 is 5.91. The molecule has 0 amide bonds. The number of nitrogens with zero attached hydrogens (tertiary/aromatic N) is 2. The summed E-state index contributed by atoms with van der Waals surface area (Å²) in [6.07, 6.45) is 1.06. The van der Waals surface area contributed by atoms with E-state index < -0.39 is 11.8 Å². The molecule has 3 rings (SSSR count). The predicted molar refractivity (Wildman–Crippen MR) is 77.0 cm³/mol. The van der Waals surface area contributed by atoms with Crippen LogP contribution in [0, 0.1) is 5.82 Å². The van der Waals surface area contributed by atoms with E-state index in [4.69, 9.17) is 11.6 Å². The summed E-state index contributed by atoms with van der Waals surface area (Å²) in [5, 5.41) is 3.29. The SMILES string of the molecule is COC(=O)c1cc(F)c2nc(CCl)n(C[C@@H]3CCN3)c2c1. The maximum absolute atomic E-state index is 14.2. The fourth-order valence-electron chi connectivity index (χ4n) is 2.50. The molecular formula is C14H15ClFN3O2. The first-order chi connectivity index (χ1) is 10.1. The van der Waals surface area contributed by atoms with Crippen LogP contribution in [0.25, 0.3) is 11.0 Å². The van der Waals surface area contributed by atoms with Crippen molar-refractivity contribution in [1.29, 1.82) is 0 Å². The van der Waals surface area contributed by atoms with Crippen LogP contribution in [-0.4, -0.2) is 35.2 Å². The summed E-state index contributed by atoms with van der Waals surface area (Å²) < 4.78 is 20.7. The molecule has 0 bridgehead atoms. The van der Waals surface area contributed by atoms with Gasteiger partial charge in [-0.3, -0.25) is 0 Å². The van der Waals surface area contributed by atoms with E-state index in [0.29, 0.717) is 23.9 Å². The predicted octanol–water partition coefficient (Wildman–Crippen LogP) is 2.06. The second kappa shape index (κ2) is 5.61. The molecule has 0 spiro atoms. The lowest BCUT2D eigenvalue weighted by Gasteiger charge is -2.28. The first kappa shape index (κ1) is 14.3. The van der Waals surface area contributed by atoms with Gasteiger partial charge in [0.25, 0.3) is 0 Å². The van der Waals surface area contributed by atoms with Crippen LogP contribution in [-0.2, 0) is 17.2 Å².